The van der Waals surface area contributed by atoms with E-state index in [4.69, 9.17) is 4.74 Å². The minimum atomic E-state index is -0.0738. The summed E-state index contributed by atoms with van der Waals surface area (Å²) in [7, 11) is 1.66. The van der Waals surface area contributed by atoms with Crippen molar-refractivity contribution >= 4 is 11.6 Å². The number of hydrogen-bond donors (Lipinski definition) is 2. The second-order valence-corrected chi connectivity index (χ2v) is 4.81. The molecule has 19 heavy (non-hydrogen) atoms. The minimum Gasteiger partial charge on any atom is -0.383 e. The van der Waals surface area contributed by atoms with E-state index in [9.17, 15) is 4.79 Å². The highest BCUT2D eigenvalue weighted by molar-refractivity contribution is 5.92. The smallest absolute Gasteiger partial charge is 0.270 e. The second kappa shape index (κ2) is 7.09. The van der Waals surface area contributed by atoms with Gasteiger partial charge in [0.1, 0.15) is 5.69 Å². The van der Waals surface area contributed by atoms with Crippen LogP contribution in [0, 0.1) is 0 Å². The topological polar surface area (TPSA) is 63.2 Å². The number of carbonyl (C=O) groups excluding carboxylic acids is 1. The molecule has 2 N–H and O–H groups in total. The van der Waals surface area contributed by atoms with Gasteiger partial charge in [0.2, 0.25) is 0 Å². The monoisotopic (exact) mass is 263 g/mol. The maximum atomic E-state index is 12.0. The number of nitrogens with zero attached hydrogens (tertiary/aromatic N) is 1. The Morgan fingerprint density at radius 3 is 2.84 bits per heavy atom. The van der Waals surface area contributed by atoms with Crippen molar-refractivity contribution in [1.82, 2.24) is 10.3 Å². The third kappa shape index (κ3) is 4.21. The normalized spacial score (nSPS) is 15.4. The molecule has 0 saturated heterocycles. The Morgan fingerprint density at radius 2 is 2.21 bits per heavy atom. The molecule has 1 aliphatic rings. The fourth-order valence-electron chi connectivity index (χ4n) is 2.26. The van der Waals surface area contributed by atoms with Gasteiger partial charge in [-0.25, -0.2) is 4.98 Å². The summed E-state index contributed by atoms with van der Waals surface area (Å²) in [6.07, 6.45) is 6.27. The quantitative estimate of drug-likeness (QED) is 0.768. The van der Waals surface area contributed by atoms with Gasteiger partial charge in [0.15, 0.2) is 0 Å². The molecule has 1 aromatic heterocycles. The van der Waals surface area contributed by atoms with E-state index in [2.05, 4.69) is 15.6 Å². The van der Waals surface area contributed by atoms with Crippen LogP contribution in [0.4, 0.5) is 5.69 Å². The molecule has 0 unspecified atom stereocenters. The summed E-state index contributed by atoms with van der Waals surface area (Å²) in [6.45, 7) is 1.37. The molecule has 0 atom stereocenters. The van der Waals surface area contributed by atoms with E-state index in [1.165, 1.54) is 12.8 Å². The summed E-state index contributed by atoms with van der Waals surface area (Å²) in [5.74, 6) is -0.0738. The molecule has 0 radical (unpaired) electrons. The molecule has 5 heteroatoms. The van der Waals surface area contributed by atoms with Crippen LogP contribution in [0.5, 0.6) is 0 Å². The number of ether oxygens (including phenoxy) is 1. The molecule has 0 aliphatic heterocycles. The Hall–Kier alpha value is -1.62. The predicted molar refractivity (Wildman–Crippen MR) is 74.3 cm³/mol. The Labute approximate surface area is 113 Å². The van der Waals surface area contributed by atoms with Crippen LogP contribution in [-0.2, 0) is 4.74 Å². The van der Waals surface area contributed by atoms with E-state index in [0.29, 0.717) is 18.3 Å². The summed E-state index contributed by atoms with van der Waals surface area (Å²) in [5, 5.41) is 6.19. The van der Waals surface area contributed by atoms with Crippen LogP contribution < -0.4 is 10.6 Å². The number of anilines is 1. The first-order chi connectivity index (χ1) is 9.29. The lowest BCUT2D eigenvalue weighted by Crippen LogP contribution is -2.33. The first kappa shape index (κ1) is 13.8. The zero-order valence-electron chi connectivity index (χ0n) is 11.3. The number of methoxy groups -OCH3 is 1. The fraction of sp³-hybridized carbons (Fsp3) is 0.571. The molecule has 1 aliphatic carbocycles. The summed E-state index contributed by atoms with van der Waals surface area (Å²) >= 11 is 0. The van der Waals surface area contributed by atoms with Crippen LogP contribution in [0.15, 0.2) is 18.3 Å². The van der Waals surface area contributed by atoms with E-state index < -0.39 is 0 Å². The lowest BCUT2D eigenvalue weighted by atomic mass is 10.2. The molecular weight excluding hydrogens is 242 g/mol. The number of rotatable bonds is 6. The Kier molecular flexibility index (Phi) is 5.15. The van der Waals surface area contributed by atoms with Crippen molar-refractivity contribution in [3.05, 3.63) is 24.0 Å². The number of pyridine rings is 1. The highest BCUT2D eigenvalue weighted by Gasteiger charge is 2.18. The summed E-state index contributed by atoms with van der Waals surface area (Å²) in [4.78, 5) is 16.1. The van der Waals surface area contributed by atoms with Crippen molar-refractivity contribution in [2.45, 2.75) is 31.7 Å². The number of hydrogen-bond acceptors (Lipinski definition) is 4. The SMILES string of the molecule is COCCNc1ccc(C(=O)NC2CCCC2)nc1. The molecule has 1 amide bonds. The third-order valence-corrected chi connectivity index (χ3v) is 3.32. The number of nitrogens with one attached hydrogen (secondary N) is 2. The Balaban J connectivity index is 1.84. The maximum Gasteiger partial charge on any atom is 0.270 e. The first-order valence-electron chi connectivity index (χ1n) is 6.79. The summed E-state index contributed by atoms with van der Waals surface area (Å²) < 4.78 is 4.95. The third-order valence-electron chi connectivity index (χ3n) is 3.32. The predicted octanol–water partition coefficient (Wildman–Crippen LogP) is 1.81. The Bertz CT molecular complexity index is 400. The highest BCUT2D eigenvalue weighted by Crippen LogP contribution is 2.18. The van der Waals surface area contributed by atoms with E-state index in [0.717, 1.165) is 25.1 Å². The number of aromatic nitrogens is 1. The zero-order chi connectivity index (χ0) is 13.5. The maximum absolute atomic E-state index is 12.0. The van der Waals surface area contributed by atoms with Gasteiger partial charge >= 0.3 is 0 Å². The average Bonchev–Trinajstić information content (AvgIpc) is 2.93. The van der Waals surface area contributed by atoms with Crippen molar-refractivity contribution in [3.8, 4) is 0 Å². The van der Waals surface area contributed by atoms with E-state index >= 15 is 0 Å². The van der Waals surface area contributed by atoms with Gasteiger partial charge in [-0.05, 0) is 25.0 Å². The summed E-state index contributed by atoms with van der Waals surface area (Å²) in [6, 6.07) is 3.94. The van der Waals surface area contributed by atoms with Gasteiger partial charge in [-0.3, -0.25) is 4.79 Å². The van der Waals surface area contributed by atoms with Gasteiger partial charge in [-0.2, -0.15) is 0 Å². The highest BCUT2D eigenvalue weighted by atomic mass is 16.5. The van der Waals surface area contributed by atoms with Gasteiger partial charge in [-0.1, -0.05) is 12.8 Å². The van der Waals surface area contributed by atoms with Gasteiger partial charge < -0.3 is 15.4 Å². The van der Waals surface area contributed by atoms with Gasteiger partial charge in [0, 0.05) is 19.7 Å². The molecule has 1 aromatic rings. The molecular formula is C14H21N3O2. The number of amides is 1. The van der Waals surface area contributed by atoms with Crippen LogP contribution in [0.2, 0.25) is 0 Å². The van der Waals surface area contributed by atoms with Crippen molar-refractivity contribution < 1.29 is 9.53 Å². The first-order valence-corrected chi connectivity index (χ1v) is 6.79. The molecule has 1 heterocycles. The van der Waals surface area contributed by atoms with Gasteiger partial charge in [-0.15, -0.1) is 0 Å². The largest absolute Gasteiger partial charge is 0.383 e. The van der Waals surface area contributed by atoms with Crippen LogP contribution in [-0.4, -0.2) is 37.2 Å². The van der Waals surface area contributed by atoms with E-state index in [1.807, 2.05) is 6.07 Å². The molecule has 0 spiro atoms. The van der Waals surface area contributed by atoms with E-state index in [1.54, 1.807) is 19.4 Å². The van der Waals surface area contributed by atoms with Crippen LogP contribution in [0.25, 0.3) is 0 Å². The fourth-order valence-corrected chi connectivity index (χ4v) is 2.26. The molecule has 5 nitrogen and oxygen atoms in total. The molecule has 0 aromatic carbocycles. The van der Waals surface area contributed by atoms with Crippen LogP contribution >= 0.6 is 0 Å². The standard InChI is InChI=1S/C14H21N3O2/c1-19-9-8-15-12-6-7-13(16-10-12)14(18)17-11-4-2-3-5-11/h6-7,10-11,15H,2-5,8-9H2,1H3,(H,17,18). The molecule has 1 fully saturated rings. The molecule has 0 bridgehead atoms. The van der Waals surface area contributed by atoms with Crippen molar-refractivity contribution in [3.63, 3.8) is 0 Å². The minimum absolute atomic E-state index is 0.0738. The molecule has 104 valence electrons. The average molecular weight is 263 g/mol. The van der Waals surface area contributed by atoms with Crippen molar-refractivity contribution in [1.29, 1.82) is 0 Å². The molecule has 1 saturated carbocycles. The van der Waals surface area contributed by atoms with Crippen molar-refractivity contribution in [2.75, 3.05) is 25.6 Å². The van der Waals surface area contributed by atoms with Crippen LogP contribution in [0.1, 0.15) is 36.2 Å². The second-order valence-electron chi connectivity index (χ2n) is 4.81. The molecule has 2 rings (SSSR count). The lowest BCUT2D eigenvalue weighted by molar-refractivity contribution is 0.0933. The van der Waals surface area contributed by atoms with Gasteiger partial charge in [0.05, 0.1) is 18.5 Å². The van der Waals surface area contributed by atoms with Gasteiger partial charge in [0.25, 0.3) is 5.91 Å². The van der Waals surface area contributed by atoms with E-state index in [-0.39, 0.29) is 5.91 Å². The van der Waals surface area contributed by atoms with Crippen LogP contribution in [0.3, 0.4) is 0 Å². The zero-order valence-corrected chi connectivity index (χ0v) is 11.3. The van der Waals surface area contributed by atoms with Crippen molar-refractivity contribution in [2.24, 2.45) is 0 Å². The Morgan fingerprint density at radius 1 is 1.42 bits per heavy atom. The summed E-state index contributed by atoms with van der Waals surface area (Å²) in [5.41, 5.74) is 1.37. The number of carbonyl (C=O) groups is 1. The lowest BCUT2D eigenvalue weighted by Gasteiger charge is -2.11.